The Hall–Kier alpha value is -0.260. The molecule has 0 heterocycles. The van der Waals surface area contributed by atoms with Gasteiger partial charge in [0, 0.05) is 0 Å². The minimum Gasteiger partial charge on any atom is -0.0826 e. The maximum absolute atomic E-state index is 2.44. The van der Waals surface area contributed by atoms with Crippen molar-refractivity contribution < 1.29 is 0 Å². The molecule has 1 fully saturated rings. The van der Waals surface area contributed by atoms with E-state index in [1.54, 1.807) is 0 Å². The first-order valence-corrected chi connectivity index (χ1v) is 5.93. The number of rotatable bonds is 2. The molecule has 0 N–H and O–H groups in total. The molecule has 1 aliphatic carbocycles. The maximum Gasteiger partial charge on any atom is -0.0144 e. The highest BCUT2D eigenvalue weighted by molar-refractivity contribution is 5.05. The fraction of sp³-hybridized carbons (Fsp3) is 0.857. The molecular formula is C14H26. The third-order valence-electron chi connectivity index (χ3n) is 3.59. The molecular weight excluding hydrogens is 168 g/mol. The Bertz CT molecular complexity index is 215. The van der Waals surface area contributed by atoms with Gasteiger partial charge in [-0.15, -0.1) is 0 Å². The number of hydrogen-bond donors (Lipinski definition) is 0. The topological polar surface area (TPSA) is 0 Å². The van der Waals surface area contributed by atoms with E-state index in [1.807, 2.05) is 0 Å². The minimum atomic E-state index is 0.324. The van der Waals surface area contributed by atoms with Crippen LogP contribution < -0.4 is 0 Å². The van der Waals surface area contributed by atoms with Crippen molar-refractivity contribution in [3.05, 3.63) is 12.2 Å². The van der Waals surface area contributed by atoms with Crippen LogP contribution in [0.15, 0.2) is 12.2 Å². The van der Waals surface area contributed by atoms with Crippen LogP contribution in [0, 0.1) is 22.7 Å². The average molecular weight is 194 g/mol. The standard InChI is InChI=1S/C14H26/c1-11-7-8-12(11)14(5,6)10-9-13(2,3)4/h9-12H,7-8H2,1-6H3. The van der Waals surface area contributed by atoms with Gasteiger partial charge in [-0.1, -0.05) is 60.1 Å². The van der Waals surface area contributed by atoms with Gasteiger partial charge in [-0.2, -0.15) is 0 Å². The van der Waals surface area contributed by atoms with E-state index in [9.17, 15) is 0 Å². The predicted molar refractivity (Wildman–Crippen MR) is 64.3 cm³/mol. The van der Waals surface area contributed by atoms with Gasteiger partial charge in [-0.05, 0) is 29.1 Å². The first-order valence-electron chi connectivity index (χ1n) is 5.93. The van der Waals surface area contributed by atoms with E-state index in [1.165, 1.54) is 12.8 Å². The summed E-state index contributed by atoms with van der Waals surface area (Å²) < 4.78 is 0. The lowest BCUT2D eigenvalue weighted by Crippen LogP contribution is -2.35. The van der Waals surface area contributed by atoms with Crippen molar-refractivity contribution in [2.45, 2.75) is 54.4 Å². The van der Waals surface area contributed by atoms with Gasteiger partial charge in [-0.3, -0.25) is 0 Å². The molecule has 1 rings (SSSR count). The van der Waals surface area contributed by atoms with Crippen molar-refractivity contribution in [1.29, 1.82) is 0 Å². The van der Waals surface area contributed by atoms with E-state index < -0.39 is 0 Å². The highest BCUT2D eigenvalue weighted by atomic mass is 14.4. The van der Waals surface area contributed by atoms with Gasteiger partial charge >= 0.3 is 0 Å². The van der Waals surface area contributed by atoms with Crippen LogP contribution in [0.3, 0.4) is 0 Å². The highest BCUT2D eigenvalue weighted by Crippen LogP contribution is 2.47. The second-order valence-electron chi connectivity index (χ2n) is 6.68. The number of allylic oxidation sites excluding steroid dienone is 2. The second-order valence-corrected chi connectivity index (χ2v) is 6.68. The molecule has 0 radical (unpaired) electrons. The van der Waals surface area contributed by atoms with E-state index in [0.29, 0.717) is 10.8 Å². The lowest BCUT2D eigenvalue weighted by atomic mass is 9.61. The molecule has 2 unspecified atom stereocenters. The zero-order valence-electron chi connectivity index (χ0n) is 10.7. The second kappa shape index (κ2) is 3.72. The molecule has 0 aromatic carbocycles. The van der Waals surface area contributed by atoms with Crippen molar-refractivity contribution in [1.82, 2.24) is 0 Å². The van der Waals surface area contributed by atoms with Crippen molar-refractivity contribution in [2.75, 3.05) is 0 Å². The summed E-state index contributed by atoms with van der Waals surface area (Å²) in [4.78, 5) is 0. The summed E-state index contributed by atoms with van der Waals surface area (Å²) in [5, 5.41) is 0. The van der Waals surface area contributed by atoms with Crippen LogP contribution in [0.2, 0.25) is 0 Å². The molecule has 82 valence electrons. The monoisotopic (exact) mass is 194 g/mol. The number of hydrogen-bond acceptors (Lipinski definition) is 0. The van der Waals surface area contributed by atoms with Crippen molar-refractivity contribution in [3.63, 3.8) is 0 Å². The molecule has 0 amide bonds. The van der Waals surface area contributed by atoms with Crippen LogP contribution in [0.1, 0.15) is 54.4 Å². The van der Waals surface area contributed by atoms with Crippen LogP contribution in [0.4, 0.5) is 0 Å². The average Bonchev–Trinajstić information content (AvgIpc) is 1.96. The Morgan fingerprint density at radius 2 is 1.50 bits per heavy atom. The normalized spacial score (nSPS) is 29.3. The maximum atomic E-state index is 2.44. The van der Waals surface area contributed by atoms with Crippen molar-refractivity contribution in [2.24, 2.45) is 22.7 Å². The fourth-order valence-corrected chi connectivity index (χ4v) is 2.36. The Balaban J connectivity index is 2.61. The lowest BCUT2D eigenvalue weighted by molar-refractivity contribution is 0.0891. The van der Waals surface area contributed by atoms with E-state index in [2.05, 4.69) is 53.7 Å². The lowest BCUT2D eigenvalue weighted by Gasteiger charge is -2.44. The van der Waals surface area contributed by atoms with Gasteiger partial charge in [0.1, 0.15) is 0 Å². The Morgan fingerprint density at radius 1 is 0.929 bits per heavy atom. The largest absolute Gasteiger partial charge is 0.0826 e. The van der Waals surface area contributed by atoms with E-state index in [-0.39, 0.29) is 0 Å². The van der Waals surface area contributed by atoms with Crippen LogP contribution >= 0.6 is 0 Å². The van der Waals surface area contributed by atoms with Gasteiger partial charge in [-0.25, -0.2) is 0 Å². The van der Waals surface area contributed by atoms with E-state index in [0.717, 1.165) is 11.8 Å². The van der Waals surface area contributed by atoms with Crippen LogP contribution in [0.5, 0.6) is 0 Å². The van der Waals surface area contributed by atoms with E-state index >= 15 is 0 Å². The summed E-state index contributed by atoms with van der Waals surface area (Å²) in [6, 6.07) is 0. The molecule has 0 aliphatic heterocycles. The molecule has 2 atom stereocenters. The summed E-state index contributed by atoms with van der Waals surface area (Å²) >= 11 is 0. The van der Waals surface area contributed by atoms with Gasteiger partial charge in [0.15, 0.2) is 0 Å². The zero-order valence-corrected chi connectivity index (χ0v) is 10.7. The molecule has 1 aliphatic rings. The summed E-state index contributed by atoms with van der Waals surface area (Å²) in [5.74, 6) is 1.83. The van der Waals surface area contributed by atoms with Gasteiger partial charge in [0.2, 0.25) is 0 Å². The molecule has 0 heteroatoms. The molecule has 0 spiro atoms. The Kier molecular flexibility index (Phi) is 3.13. The highest BCUT2D eigenvalue weighted by Gasteiger charge is 2.37. The molecule has 14 heavy (non-hydrogen) atoms. The molecule has 0 nitrogen and oxygen atoms in total. The molecule has 0 saturated heterocycles. The van der Waals surface area contributed by atoms with Crippen LogP contribution in [0.25, 0.3) is 0 Å². The zero-order chi connectivity index (χ0) is 11.0. The molecule has 0 aromatic rings. The first kappa shape index (κ1) is 11.8. The first-order chi connectivity index (χ1) is 6.22. The summed E-state index contributed by atoms with van der Waals surface area (Å²) in [6.45, 7) is 14.0. The summed E-state index contributed by atoms with van der Waals surface area (Å²) in [7, 11) is 0. The summed E-state index contributed by atoms with van der Waals surface area (Å²) in [6.07, 6.45) is 7.66. The molecule has 1 saturated carbocycles. The van der Waals surface area contributed by atoms with Gasteiger partial charge < -0.3 is 0 Å². The van der Waals surface area contributed by atoms with Crippen molar-refractivity contribution >= 4 is 0 Å². The fourth-order valence-electron chi connectivity index (χ4n) is 2.36. The third kappa shape index (κ3) is 2.87. The smallest absolute Gasteiger partial charge is 0.0144 e. The minimum absolute atomic E-state index is 0.324. The SMILES string of the molecule is CC1CCC1C(C)(C)C=CC(C)(C)C. The summed E-state index contributed by atoms with van der Waals surface area (Å²) in [5.41, 5.74) is 0.717. The molecule has 0 aromatic heterocycles. The van der Waals surface area contributed by atoms with Crippen molar-refractivity contribution in [3.8, 4) is 0 Å². The Morgan fingerprint density at radius 3 is 1.79 bits per heavy atom. The molecule has 0 bridgehead atoms. The van der Waals surface area contributed by atoms with E-state index in [4.69, 9.17) is 0 Å². The Labute approximate surface area is 89.8 Å². The van der Waals surface area contributed by atoms with Crippen LogP contribution in [-0.4, -0.2) is 0 Å². The predicted octanol–water partition coefficient (Wildman–Crippen LogP) is 4.66. The van der Waals surface area contributed by atoms with Gasteiger partial charge in [0.25, 0.3) is 0 Å². The van der Waals surface area contributed by atoms with Crippen LogP contribution in [-0.2, 0) is 0 Å². The van der Waals surface area contributed by atoms with Gasteiger partial charge in [0.05, 0.1) is 0 Å². The third-order valence-corrected chi connectivity index (χ3v) is 3.59. The quantitative estimate of drug-likeness (QED) is 0.561.